The van der Waals surface area contributed by atoms with Crippen molar-refractivity contribution in [2.24, 2.45) is 0 Å². The number of aromatic nitrogens is 2. The van der Waals surface area contributed by atoms with E-state index in [4.69, 9.17) is 18.4 Å². The van der Waals surface area contributed by atoms with E-state index >= 15 is 0 Å². The molecule has 0 saturated heterocycles. The van der Waals surface area contributed by atoms with Gasteiger partial charge in [0.25, 0.3) is 0 Å². The number of benzene rings is 1. The molecule has 0 saturated carbocycles. The van der Waals surface area contributed by atoms with E-state index in [2.05, 4.69) is 15.5 Å². The summed E-state index contributed by atoms with van der Waals surface area (Å²) in [6, 6.07) is 10.6. The molecule has 0 aliphatic rings. The number of hydrogen-bond acceptors (Lipinski definition) is 7. The van der Waals surface area contributed by atoms with E-state index in [-0.39, 0.29) is 24.9 Å². The molecule has 3 aromatic rings. The number of ether oxygens (including phenoxy) is 2. The van der Waals surface area contributed by atoms with Crippen LogP contribution in [0.1, 0.15) is 17.5 Å². The van der Waals surface area contributed by atoms with Gasteiger partial charge in [-0.1, -0.05) is 5.16 Å². The smallest absolute Gasteiger partial charge is 0.246 e. The van der Waals surface area contributed by atoms with Gasteiger partial charge in [0, 0.05) is 6.08 Å². The lowest BCUT2D eigenvalue weighted by atomic mass is 10.3. The number of nitrogens with one attached hydrogen (secondary N) is 1. The highest BCUT2D eigenvalue weighted by Gasteiger charge is 2.08. The largest absolute Gasteiger partial charge is 0.497 e. The van der Waals surface area contributed by atoms with Crippen molar-refractivity contribution in [3.8, 4) is 11.5 Å². The molecule has 0 bridgehead atoms. The summed E-state index contributed by atoms with van der Waals surface area (Å²) in [6.07, 6.45) is 4.46. The maximum Gasteiger partial charge on any atom is 0.246 e. The normalized spacial score (nSPS) is 10.8. The Hall–Kier alpha value is -3.55. The van der Waals surface area contributed by atoms with Crippen LogP contribution in [0.3, 0.4) is 0 Å². The minimum atomic E-state index is -0.296. The topological polar surface area (TPSA) is 99.6 Å². The second-order valence-electron chi connectivity index (χ2n) is 5.14. The SMILES string of the molecule is COc1ccc(OCc2noc(CNC(=O)/C=C/c3ccco3)n2)cc1. The monoisotopic (exact) mass is 355 g/mol. The van der Waals surface area contributed by atoms with E-state index < -0.39 is 0 Å². The summed E-state index contributed by atoms with van der Waals surface area (Å²) in [6.45, 7) is 0.277. The van der Waals surface area contributed by atoms with Crippen molar-refractivity contribution in [3.63, 3.8) is 0 Å². The highest BCUT2D eigenvalue weighted by Crippen LogP contribution is 2.17. The minimum Gasteiger partial charge on any atom is -0.497 e. The zero-order valence-corrected chi connectivity index (χ0v) is 14.0. The highest BCUT2D eigenvalue weighted by atomic mass is 16.5. The summed E-state index contributed by atoms with van der Waals surface area (Å²) in [5, 5.41) is 6.45. The summed E-state index contributed by atoms with van der Waals surface area (Å²) < 4.78 is 20.8. The van der Waals surface area contributed by atoms with Gasteiger partial charge in [0.05, 0.1) is 19.9 Å². The van der Waals surface area contributed by atoms with Gasteiger partial charge in [-0.15, -0.1) is 0 Å². The summed E-state index contributed by atoms with van der Waals surface area (Å²) in [5.74, 6) is 2.38. The standard InChI is InChI=1S/C18H17N3O5/c1-23-13-4-6-15(7-5-13)25-12-16-20-18(26-21-16)11-19-17(22)9-8-14-3-2-10-24-14/h2-10H,11-12H2,1H3,(H,19,22)/b9-8+. The number of hydrogen-bond donors (Lipinski definition) is 1. The van der Waals surface area contributed by atoms with Crippen molar-refractivity contribution >= 4 is 12.0 Å². The molecule has 1 amide bonds. The van der Waals surface area contributed by atoms with E-state index in [0.29, 0.717) is 17.3 Å². The number of furan rings is 1. The Morgan fingerprint density at radius 1 is 1.23 bits per heavy atom. The molecule has 0 aliphatic carbocycles. The molecule has 0 radical (unpaired) electrons. The van der Waals surface area contributed by atoms with Crippen LogP contribution in [0, 0.1) is 0 Å². The van der Waals surface area contributed by atoms with Crippen molar-refractivity contribution in [2.75, 3.05) is 7.11 Å². The van der Waals surface area contributed by atoms with E-state index in [1.54, 1.807) is 49.6 Å². The Balaban J connectivity index is 1.44. The van der Waals surface area contributed by atoms with Crippen LogP contribution in [0.4, 0.5) is 0 Å². The Bertz CT molecular complexity index is 853. The summed E-state index contributed by atoms with van der Waals surface area (Å²) in [7, 11) is 1.60. The molecule has 8 nitrogen and oxygen atoms in total. The van der Waals surface area contributed by atoms with Crippen LogP contribution in [0.15, 0.2) is 57.7 Å². The van der Waals surface area contributed by atoms with E-state index in [9.17, 15) is 4.79 Å². The number of methoxy groups -OCH3 is 1. The second kappa shape index (κ2) is 8.52. The average Bonchev–Trinajstić information content (AvgIpc) is 3.35. The number of carbonyl (C=O) groups excluding carboxylic acids is 1. The predicted octanol–water partition coefficient (Wildman–Crippen LogP) is 2.58. The van der Waals surface area contributed by atoms with E-state index in [1.807, 2.05) is 0 Å². The van der Waals surface area contributed by atoms with Gasteiger partial charge in [0.15, 0.2) is 6.61 Å². The van der Waals surface area contributed by atoms with Gasteiger partial charge in [-0.2, -0.15) is 4.98 Å². The lowest BCUT2D eigenvalue weighted by Crippen LogP contribution is -2.20. The fraction of sp³-hybridized carbons (Fsp3) is 0.167. The van der Waals surface area contributed by atoms with Crippen LogP contribution in [0.5, 0.6) is 11.5 Å². The van der Waals surface area contributed by atoms with Crippen LogP contribution >= 0.6 is 0 Å². The Morgan fingerprint density at radius 3 is 2.77 bits per heavy atom. The van der Waals surface area contributed by atoms with Crippen molar-refractivity contribution in [3.05, 3.63) is 66.2 Å². The summed E-state index contributed by atoms with van der Waals surface area (Å²) in [4.78, 5) is 15.9. The molecule has 0 spiro atoms. The van der Waals surface area contributed by atoms with Crippen LogP contribution in [0.25, 0.3) is 6.08 Å². The molecule has 134 valence electrons. The number of amides is 1. The molecular formula is C18H17N3O5. The van der Waals surface area contributed by atoms with Gasteiger partial charge < -0.3 is 23.7 Å². The Morgan fingerprint density at radius 2 is 2.04 bits per heavy atom. The molecule has 26 heavy (non-hydrogen) atoms. The zero-order chi connectivity index (χ0) is 18.2. The number of carbonyl (C=O) groups is 1. The first-order valence-electron chi connectivity index (χ1n) is 7.80. The Kier molecular flexibility index (Phi) is 5.66. The fourth-order valence-electron chi connectivity index (χ4n) is 2.01. The van der Waals surface area contributed by atoms with Gasteiger partial charge in [-0.25, -0.2) is 0 Å². The van der Waals surface area contributed by atoms with Crippen molar-refractivity contribution in [2.45, 2.75) is 13.2 Å². The third-order valence-electron chi connectivity index (χ3n) is 3.29. The maximum absolute atomic E-state index is 11.7. The van der Waals surface area contributed by atoms with Crippen LogP contribution in [-0.4, -0.2) is 23.2 Å². The first-order chi connectivity index (χ1) is 12.7. The van der Waals surface area contributed by atoms with Gasteiger partial charge in [0.2, 0.25) is 17.6 Å². The first kappa shape index (κ1) is 17.3. The molecule has 0 aliphatic heterocycles. The Labute approximate surface area is 149 Å². The van der Waals surface area contributed by atoms with E-state index in [1.165, 1.54) is 12.3 Å². The zero-order valence-electron chi connectivity index (χ0n) is 14.0. The minimum absolute atomic E-state index is 0.122. The maximum atomic E-state index is 11.7. The number of rotatable bonds is 8. The highest BCUT2D eigenvalue weighted by molar-refractivity contribution is 5.91. The van der Waals surface area contributed by atoms with Crippen molar-refractivity contribution in [1.29, 1.82) is 0 Å². The fourth-order valence-corrected chi connectivity index (χ4v) is 2.01. The summed E-state index contributed by atoms with van der Waals surface area (Å²) >= 11 is 0. The molecule has 2 heterocycles. The number of nitrogens with zero attached hydrogens (tertiary/aromatic N) is 2. The second-order valence-corrected chi connectivity index (χ2v) is 5.14. The molecule has 1 N–H and O–H groups in total. The van der Waals surface area contributed by atoms with Crippen LogP contribution < -0.4 is 14.8 Å². The van der Waals surface area contributed by atoms with Gasteiger partial charge in [-0.3, -0.25) is 4.79 Å². The van der Waals surface area contributed by atoms with Crippen molar-refractivity contribution < 1.29 is 23.2 Å². The molecule has 0 fully saturated rings. The quantitative estimate of drug-likeness (QED) is 0.620. The first-order valence-corrected chi connectivity index (χ1v) is 7.80. The third kappa shape index (κ3) is 4.97. The van der Waals surface area contributed by atoms with E-state index in [0.717, 1.165) is 5.75 Å². The molecular weight excluding hydrogens is 338 g/mol. The molecule has 3 rings (SSSR count). The molecule has 0 unspecified atom stereocenters. The van der Waals surface area contributed by atoms with Crippen molar-refractivity contribution in [1.82, 2.24) is 15.5 Å². The molecule has 1 aromatic carbocycles. The molecule has 2 aromatic heterocycles. The molecule has 0 atom stereocenters. The molecule has 8 heteroatoms. The summed E-state index contributed by atoms with van der Waals surface area (Å²) in [5.41, 5.74) is 0. The van der Waals surface area contributed by atoms with Crippen LogP contribution in [-0.2, 0) is 17.9 Å². The average molecular weight is 355 g/mol. The lowest BCUT2D eigenvalue weighted by Gasteiger charge is -2.04. The van der Waals surface area contributed by atoms with Gasteiger partial charge >= 0.3 is 0 Å². The third-order valence-corrected chi connectivity index (χ3v) is 3.29. The van der Waals surface area contributed by atoms with Crippen LogP contribution in [0.2, 0.25) is 0 Å². The predicted molar refractivity (Wildman–Crippen MR) is 91.2 cm³/mol. The van der Waals surface area contributed by atoms with Gasteiger partial charge in [0.1, 0.15) is 17.3 Å². The van der Waals surface area contributed by atoms with Gasteiger partial charge in [-0.05, 0) is 42.5 Å². The lowest BCUT2D eigenvalue weighted by molar-refractivity contribution is -0.116.